The maximum atomic E-state index is 13.0. The molecule has 27 heavy (non-hydrogen) atoms. The fraction of sp³-hybridized carbons (Fsp3) is 0.364. The molecule has 2 aromatic rings. The first-order chi connectivity index (χ1) is 12.9. The molecular weight excluding hydrogens is 354 g/mol. The highest BCUT2D eigenvalue weighted by atomic mass is 32.1. The molecule has 0 bridgehead atoms. The molecule has 1 aliphatic heterocycles. The zero-order valence-corrected chi connectivity index (χ0v) is 17.1. The van der Waals surface area contributed by atoms with E-state index in [0.717, 1.165) is 11.3 Å². The molecule has 1 aliphatic carbocycles. The highest BCUT2D eigenvalue weighted by Gasteiger charge is 2.33. The average molecular weight is 380 g/mol. The molecule has 140 valence electrons. The molecule has 1 saturated carbocycles. The number of thiocarbonyl (C=S) groups is 1. The van der Waals surface area contributed by atoms with Crippen LogP contribution in [0.2, 0.25) is 0 Å². The van der Waals surface area contributed by atoms with Crippen LogP contribution in [0.1, 0.15) is 61.2 Å². The van der Waals surface area contributed by atoms with Crippen LogP contribution < -0.4 is 10.2 Å². The summed E-state index contributed by atoms with van der Waals surface area (Å²) in [6, 6.07) is 10.8. The Morgan fingerprint density at radius 1 is 1.19 bits per heavy atom. The minimum Gasteiger partial charge on any atom is -0.346 e. The molecule has 4 nitrogen and oxygen atoms in total. The van der Waals surface area contributed by atoms with Crippen LogP contribution in [0.15, 0.2) is 36.0 Å². The van der Waals surface area contributed by atoms with E-state index in [2.05, 4.69) is 55.8 Å². The van der Waals surface area contributed by atoms with Gasteiger partial charge >= 0.3 is 0 Å². The summed E-state index contributed by atoms with van der Waals surface area (Å²) in [7, 11) is 0. The summed E-state index contributed by atoms with van der Waals surface area (Å²) >= 11 is 5.44. The van der Waals surface area contributed by atoms with Crippen molar-refractivity contribution >= 4 is 35.0 Å². The van der Waals surface area contributed by atoms with Crippen LogP contribution in [0.3, 0.4) is 0 Å². The molecule has 2 heterocycles. The number of nitrogens with one attached hydrogen (secondary N) is 1. The smallest absolute Gasteiger partial charge is 0.281 e. The van der Waals surface area contributed by atoms with Gasteiger partial charge in [0.05, 0.1) is 5.69 Å². The molecule has 2 aliphatic rings. The van der Waals surface area contributed by atoms with E-state index < -0.39 is 0 Å². The largest absolute Gasteiger partial charge is 0.346 e. The number of hydrogen-bond donors (Lipinski definition) is 1. The lowest BCUT2D eigenvalue weighted by atomic mass is 10.0. The second-order valence-corrected chi connectivity index (χ2v) is 8.19. The summed E-state index contributed by atoms with van der Waals surface area (Å²) in [5.74, 6) is 0.351. The van der Waals surface area contributed by atoms with Crippen LogP contribution in [0, 0.1) is 13.8 Å². The number of carbonyl (C=O) groups excluding carboxylic acids is 1. The number of carbonyl (C=O) groups is 1. The first-order valence-corrected chi connectivity index (χ1v) is 9.93. The van der Waals surface area contributed by atoms with E-state index in [4.69, 9.17) is 12.2 Å². The van der Waals surface area contributed by atoms with E-state index in [1.54, 1.807) is 4.90 Å². The molecular formula is C22H25N3OS. The molecule has 1 aromatic carbocycles. The Balaban J connectivity index is 1.63. The van der Waals surface area contributed by atoms with E-state index in [1.807, 2.05) is 18.2 Å². The highest BCUT2D eigenvalue weighted by molar-refractivity contribution is 7.80. The van der Waals surface area contributed by atoms with Crippen LogP contribution in [-0.4, -0.2) is 15.6 Å². The molecule has 0 unspecified atom stereocenters. The topological polar surface area (TPSA) is 37.3 Å². The number of aromatic nitrogens is 1. The van der Waals surface area contributed by atoms with Crippen molar-refractivity contribution < 1.29 is 4.79 Å². The summed E-state index contributed by atoms with van der Waals surface area (Å²) in [5.41, 5.74) is 6.11. The van der Waals surface area contributed by atoms with Gasteiger partial charge in [0.1, 0.15) is 5.70 Å². The molecule has 0 atom stereocenters. The molecule has 1 amide bonds. The summed E-state index contributed by atoms with van der Waals surface area (Å²) in [6.07, 6.45) is 4.42. The average Bonchev–Trinajstić information content (AvgIpc) is 3.36. The third-order valence-electron chi connectivity index (χ3n) is 5.43. The summed E-state index contributed by atoms with van der Waals surface area (Å²) in [5, 5.41) is 3.53. The fourth-order valence-corrected chi connectivity index (χ4v) is 4.07. The van der Waals surface area contributed by atoms with Crippen LogP contribution in [0.25, 0.3) is 6.08 Å². The Hall–Kier alpha value is -2.40. The number of rotatable bonds is 4. The number of anilines is 1. The predicted octanol–water partition coefficient (Wildman–Crippen LogP) is 4.83. The second kappa shape index (κ2) is 6.64. The molecule has 0 spiro atoms. The van der Waals surface area contributed by atoms with E-state index in [9.17, 15) is 4.79 Å². The van der Waals surface area contributed by atoms with Gasteiger partial charge in [-0.05, 0) is 80.2 Å². The Morgan fingerprint density at radius 3 is 2.44 bits per heavy atom. The number of hydrogen-bond acceptors (Lipinski definition) is 2. The van der Waals surface area contributed by atoms with Gasteiger partial charge in [-0.25, -0.2) is 0 Å². The van der Waals surface area contributed by atoms with E-state index >= 15 is 0 Å². The van der Waals surface area contributed by atoms with Crippen molar-refractivity contribution in [3.05, 3.63) is 58.5 Å². The Bertz CT molecular complexity index is 949. The van der Waals surface area contributed by atoms with Gasteiger partial charge in [-0.15, -0.1) is 0 Å². The number of amides is 1. The Labute approximate surface area is 165 Å². The van der Waals surface area contributed by atoms with E-state index in [1.165, 1.54) is 29.8 Å². The van der Waals surface area contributed by atoms with Gasteiger partial charge in [-0.1, -0.05) is 26.0 Å². The fourth-order valence-electron chi connectivity index (χ4n) is 3.78. The normalized spacial score (nSPS) is 18.7. The molecule has 2 fully saturated rings. The monoisotopic (exact) mass is 379 g/mol. The summed E-state index contributed by atoms with van der Waals surface area (Å²) in [6.45, 7) is 8.56. The minimum atomic E-state index is -0.103. The van der Waals surface area contributed by atoms with E-state index in [0.29, 0.717) is 22.8 Å². The maximum Gasteiger partial charge on any atom is 0.281 e. The van der Waals surface area contributed by atoms with Gasteiger partial charge in [0, 0.05) is 17.4 Å². The van der Waals surface area contributed by atoms with Crippen molar-refractivity contribution in [2.75, 3.05) is 4.90 Å². The molecule has 5 heteroatoms. The number of nitrogens with zero attached hydrogens (tertiary/aromatic N) is 2. The van der Waals surface area contributed by atoms with Crippen molar-refractivity contribution in [3.63, 3.8) is 0 Å². The first-order valence-electron chi connectivity index (χ1n) is 9.52. The standard InChI is InChI=1S/C22H25N3OS/c1-13(2)16-5-7-19(8-6-16)25-21(26)20(23-22(25)27)12-17-11-14(3)24(15(17)4)18-9-10-18/h5-8,11-13,18H,9-10H2,1-4H3,(H,23,27)/b20-12+. The summed E-state index contributed by atoms with van der Waals surface area (Å²) in [4.78, 5) is 14.6. The molecule has 1 N–H and O–H groups in total. The summed E-state index contributed by atoms with van der Waals surface area (Å²) < 4.78 is 2.38. The molecule has 1 saturated heterocycles. The lowest BCUT2D eigenvalue weighted by Gasteiger charge is -2.15. The van der Waals surface area contributed by atoms with Gasteiger partial charge < -0.3 is 9.88 Å². The van der Waals surface area contributed by atoms with Crippen molar-refractivity contribution in [1.29, 1.82) is 0 Å². The van der Waals surface area contributed by atoms with Crippen LogP contribution in [0.5, 0.6) is 0 Å². The second-order valence-electron chi connectivity index (χ2n) is 7.80. The third kappa shape index (κ3) is 3.21. The van der Waals surface area contributed by atoms with Gasteiger partial charge in [-0.3, -0.25) is 9.69 Å². The zero-order valence-electron chi connectivity index (χ0n) is 16.2. The SMILES string of the molecule is Cc1cc(/C=C2/NC(=S)N(c3ccc(C(C)C)cc3)C2=O)c(C)n1C1CC1. The Kier molecular flexibility index (Phi) is 4.42. The Morgan fingerprint density at radius 2 is 1.85 bits per heavy atom. The molecule has 1 aromatic heterocycles. The molecule has 0 radical (unpaired) electrons. The third-order valence-corrected chi connectivity index (χ3v) is 5.72. The quantitative estimate of drug-likeness (QED) is 0.611. The lowest BCUT2D eigenvalue weighted by Crippen LogP contribution is -2.30. The van der Waals surface area contributed by atoms with Gasteiger partial charge in [0.2, 0.25) is 0 Å². The number of aryl methyl sites for hydroxylation is 1. The lowest BCUT2D eigenvalue weighted by molar-refractivity contribution is -0.113. The van der Waals surface area contributed by atoms with Crippen molar-refractivity contribution in [2.24, 2.45) is 0 Å². The highest BCUT2D eigenvalue weighted by Crippen LogP contribution is 2.38. The zero-order chi connectivity index (χ0) is 19.3. The molecule has 4 rings (SSSR count). The first kappa shape index (κ1) is 18.0. The van der Waals surface area contributed by atoms with Crippen molar-refractivity contribution in [3.8, 4) is 0 Å². The van der Waals surface area contributed by atoms with Crippen LogP contribution in [-0.2, 0) is 4.79 Å². The van der Waals surface area contributed by atoms with E-state index in [-0.39, 0.29) is 5.91 Å². The van der Waals surface area contributed by atoms with Gasteiger partial charge in [0.25, 0.3) is 5.91 Å². The van der Waals surface area contributed by atoms with Crippen LogP contribution >= 0.6 is 12.2 Å². The minimum absolute atomic E-state index is 0.103. The van der Waals surface area contributed by atoms with Crippen molar-refractivity contribution in [2.45, 2.75) is 52.5 Å². The predicted molar refractivity (Wildman–Crippen MR) is 114 cm³/mol. The number of benzene rings is 1. The van der Waals surface area contributed by atoms with Gasteiger partial charge in [0.15, 0.2) is 5.11 Å². The van der Waals surface area contributed by atoms with Crippen molar-refractivity contribution in [1.82, 2.24) is 9.88 Å². The van der Waals surface area contributed by atoms with Crippen LogP contribution in [0.4, 0.5) is 5.69 Å². The van der Waals surface area contributed by atoms with Gasteiger partial charge in [-0.2, -0.15) is 0 Å². The maximum absolute atomic E-state index is 13.0.